The number of nitrogens with one attached hydrogen (secondary N) is 2. The minimum absolute atomic E-state index is 0.0892. The van der Waals surface area contributed by atoms with Gasteiger partial charge in [0.2, 0.25) is 11.8 Å². The average molecular weight is 495 g/mol. The van der Waals surface area contributed by atoms with E-state index in [0.29, 0.717) is 23.9 Å². The van der Waals surface area contributed by atoms with Crippen molar-refractivity contribution in [3.05, 3.63) is 63.5 Å². The van der Waals surface area contributed by atoms with Crippen LogP contribution in [0.4, 0.5) is 18.9 Å². The largest absolute Gasteiger partial charge is 0.416 e. The van der Waals surface area contributed by atoms with E-state index in [9.17, 15) is 27.6 Å². The lowest BCUT2D eigenvalue weighted by molar-refractivity contribution is -0.139. The third-order valence-electron chi connectivity index (χ3n) is 5.93. The second kappa shape index (κ2) is 8.46. The van der Waals surface area contributed by atoms with Crippen LogP contribution in [0.1, 0.15) is 47.0 Å². The highest BCUT2D eigenvalue weighted by atomic mass is 35.5. The Balaban J connectivity index is 1.57. The van der Waals surface area contributed by atoms with Crippen molar-refractivity contribution in [1.82, 2.24) is 5.32 Å². The molecule has 33 heavy (non-hydrogen) atoms. The van der Waals surface area contributed by atoms with Crippen LogP contribution in [-0.2, 0) is 21.2 Å². The molecular weight excluding hydrogens is 477 g/mol. The van der Waals surface area contributed by atoms with Crippen LogP contribution in [0.15, 0.2) is 42.5 Å². The van der Waals surface area contributed by atoms with Gasteiger partial charge in [-0.15, -0.1) is 11.3 Å². The van der Waals surface area contributed by atoms with Crippen LogP contribution >= 0.6 is 22.9 Å². The normalized spacial score (nSPS) is 18.9. The van der Waals surface area contributed by atoms with Gasteiger partial charge in [0.15, 0.2) is 0 Å². The molecule has 2 N–H and O–H groups in total. The Bertz CT molecular complexity index is 1270. The molecule has 1 atom stereocenters. The molecular formula is C23H18ClF3N2O3S. The molecule has 1 saturated heterocycles. The van der Waals surface area contributed by atoms with Gasteiger partial charge in [-0.1, -0.05) is 36.7 Å². The van der Waals surface area contributed by atoms with Crippen molar-refractivity contribution in [2.75, 3.05) is 5.32 Å². The molecule has 4 rings (SSSR count). The fraction of sp³-hybridized carbons (Fsp3) is 0.261. The summed E-state index contributed by atoms with van der Waals surface area (Å²) in [5.41, 5.74) is -0.463. The molecule has 172 valence electrons. The van der Waals surface area contributed by atoms with Crippen LogP contribution in [0.2, 0.25) is 5.02 Å². The lowest BCUT2D eigenvalue weighted by Crippen LogP contribution is -2.51. The molecule has 0 aliphatic carbocycles. The van der Waals surface area contributed by atoms with Gasteiger partial charge in [-0.2, -0.15) is 13.2 Å². The van der Waals surface area contributed by atoms with Gasteiger partial charge in [0.25, 0.3) is 5.91 Å². The molecule has 3 aromatic rings. The standard InChI is InChI=1S/C23H18ClF3N2O3S/c1-2-22(10-9-17(30)29-21(22)32)12-3-6-14(7-4-12)28-20(31)19-18(24)15-8-5-13(23(25,26)27)11-16(15)33-19/h3-8,11H,2,9-10H2,1H3,(H,28,31)(H,29,30,32). The number of halogens is 4. The summed E-state index contributed by atoms with van der Waals surface area (Å²) in [7, 11) is 0. The Labute approximate surface area is 195 Å². The number of rotatable bonds is 4. The second-order valence-electron chi connectivity index (χ2n) is 7.80. The SMILES string of the molecule is CCC1(c2ccc(NC(=O)c3sc4cc(C(F)(F)F)ccc4c3Cl)cc2)CCC(=O)NC1=O. The molecule has 2 heterocycles. The topological polar surface area (TPSA) is 75.3 Å². The molecule has 1 unspecified atom stereocenters. The maximum atomic E-state index is 13.0. The van der Waals surface area contributed by atoms with E-state index < -0.39 is 23.1 Å². The van der Waals surface area contributed by atoms with Crippen molar-refractivity contribution in [1.29, 1.82) is 0 Å². The van der Waals surface area contributed by atoms with Gasteiger partial charge in [0.1, 0.15) is 4.88 Å². The van der Waals surface area contributed by atoms with Crippen molar-refractivity contribution in [3.63, 3.8) is 0 Å². The zero-order chi connectivity index (χ0) is 24.0. The van der Waals surface area contributed by atoms with Crippen LogP contribution in [0.3, 0.4) is 0 Å². The smallest absolute Gasteiger partial charge is 0.321 e. The van der Waals surface area contributed by atoms with Crippen molar-refractivity contribution in [3.8, 4) is 0 Å². The molecule has 1 aromatic heterocycles. The van der Waals surface area contributed by atoms with E-state index in [1.807, 2.05) is 6.92 Å². The number of hydrogen-bond acceptors (Lipinski definition) is 4. The third kappa shape index (κ3) is 4.22. The van der Waals surface area contributed by atoms with Crippen LogP contribution in [0, 0.1) is 0 Å². The summed E-state index contributed by atoms with van der Waals surface area (Å²) in [6.07, 6.45) is -3.34. The highest BCUT2D eigenvalue weighted by Crippen LogP contribution is 2.40. The monoisotopic (exact) mass is 494 g/mol. The Morgan fingerprint density at radius 2 is 1.88 bits per heavy atom. The van der Waals surface area contributed by atoms with Crippen molar-refractivity contribution >= 4 is 56.4 Å². The van der Waals surface area contributed by atoms with Crippen molar-refractivity contribution < 1.29 is 27.6 Å². The molecule has 3 amide bonds. The van der Waals surface area contributed by atoms with E-state index in [2.05, 4.69) is 10.6 Å². The predicted molar refractivity (Wildman–Crippen MR) is 121 cm³/mol. The van der Waals surface area contributed by atoms with Crippen LogP contribution in [-0.4, -0.2) is 17.7 Å². The zero-order valence-electron chi connectivity index (χ0n) is 17.3. The molecule has 0 radical (unpaired) electrons. The number of alkyl halides is 3. The van der Waals surface area contributed by atoms with E-state index in [1.54, 1.807) is 24.3 Å². The second-order valence-corrected chi connectivity index (χ2v) is 9.23. The molecule has 0 saturated carbocycles. The highest BCUT2D eigenvalue weighted by Gasteiger charge is 2.42. The maximum Gasteiger partial charge on any atom is 0.416 e. The van der Waals surface area contributed by atoms with Gasteiger partial charge in [-0.05, 0) is 42.7 Å². The first kappa shape index (κ1) is 23.3. The summed E-state index contributed by atoms with van der Waals surface area (Å²) in [5, 5.41) is 5.54. The maximum absolute atomic E-state index is 13.0. The number of imide groups is 1. The lowest BCUT2D eigenvalue weighted by Gasteiger charge is -2.35. The molecule has 2 aromatic carbocycles. The molecule has 0 bridgehead atoms. The molecule has 0 spiro atoms. The fourth-order valence-corrected chi connectivity index (χ4v) is 5.47. The van der Waals surface area contributed by atoms with Gasteiger partial charge >= 0.3 is 6.18 Å². The molecule has 5 nitrogen and oxygen atoms in total. The zero-order valence-corrected chi connectivity index (χ0v) is 18.9. The number of carbonyl (C=O) groups is 3. The summed E-state index contributed by atoms with van der Waals surface area (Å²) in [5.74, 6) is -1.18. The van der Waals surface area contributed by atoms with E-state index >= 15 is 0 Å². The Morgan fingerprint density at radius 3 is 2.48 bits per heavy atom. The van der Waals surface area contributed by atoms with E-state index in [1.165, 1.54) is 6.07 Å². The van der Waals surface area contributed by atoms with E-state index in [-0.39, 0.29) is 32.8 Å². The van der Waals surface area contributed by atoms with Gasteiger partial charge < -0.3 is 5.32 Å². The van der Waals surface area contributed by atoms with Crippen molar-refractivity contribution in [2.45, 2.75) is 37.8 Å². The molecule has 1 aliphatic rings. The average Bonchev–Trinajstić information content (AvgIpc) is 3.10. The Morgan fingerprint density at radius 1 is 1.18 bits per heavy atom. The first-order valence-corrected chi connectivity index (χ1v) is 11.3. The number of piperidine rings is 1. The summed E-state index contributed by atoms with van der Waals surface area (Å²) in [6.45, 7) is 1.87. The fourth-order valence-electron chi connectivity index (χ4n) is 4.01. The van der Waals surface area contributed by atoms with Gasteiger partial charge in [-0.25, -0.2) is 0 Å². The number of amides is 3. The van der Waals surface area contributed by atoms with E-state index in [0.717, 1.165) is 29.0 Å². The minimum Gasteiger partial charge on any atom is -0.321 e. The Kier molecular flexibility index (Phi) is 5.96. The molecule has 1 aliphatic heterocycles. The van der Waals surface area contributed by atoms with Crippen molar-refractivity contribution in [2.24, 2.45) is 0 Å². The van der Waals surface area contributed by atoms with Gasteiger partial charge in [0, 0.05) is 22.2 Å². The highest BCUT2D eigenvalue weighted by molar-refractivity contribution is 7.21. The number of fused-ring (bicyclic) bond motifs is 1. The van der Waals surface area contributed by atoms with Gasteiger partial charge in [-0.3, -0.25) is 19.7 Å². The molecule has 10 heteroatoms. The summed E-state index contributed by atoms with van der Waals surface area (Å²) in [4.78, 5) is 36.9. The first-order chi connectivity index (χ1) is 15.5. The first-order valence-electron chi connectivity index (χ1n) is 10.1. The summed E-state index contributed by atoms with van der Waals surface area (Å²) >= 11 is 7.15. The van der Waals surface area contributed by atoms with Gasteiger partial charge in [0.05, 0.1) is 16.0 Å². The lowest BCUT2D eigenvalue weighted by atomic mass is 9.72. The third-order valence-corrected chi connectivity index (χ3v) is 7.58. The number of thiophene rings is 1. The number of benzene rings is 2. The van der Waals surface area contributed by atoms with Crippen LogP contribution < -0.4 is 10.6 Å². The summed E-state index contributed by atoms with van der Waals surface area (Å²) < 4.78 is 39.2. The number of carbonyl (C=O) groups excluding carboxylic acids is 3. The Hall–Kier alpha value is -2.91. The predicted octanol–water partition coefficient (Wildman–Crippen LogP) is 5.91. The van der Waals surface area contributed by atoms with E-state index in [4.69, 9.17) is 11.6 Å². The number of anilines is 1. The van der Waals surface area contributed by atoms with Crippen LogP contribution in [0.25, 0.3) is 10.1 Å². The number of hydrogen-bond donors (Lipinski definition) is 2. The summed E-state index contributed by atoms with van der Waals surface area (Å²) in [6, 6.07) is 9.87. The van der Waals surface area contributed by atoms with Crippen LogP contribution in [0.5, 0.6) is 0 Å². The quantitative estimate of drug-likeness (QED) is 0.443. The molecule has 1 fully saturated rings. The minimum atomic E-state index is -4.49.